The van der Waals surface area contributed by atoms with Crippen LogP contribution >= 0.6 is 15.6 Å². The monoisotopic (exact) mass is 1410 g/mol. The number of hydrogen-bond donors (Lipinski definition) is 3. The highest BCUT2D eigenvalue weighted by Gasteiger charge is 2.30. The fourth-order valence-electron chi connectivity index (χ4n) is 9.45. The molecule has 560 valence electrons. The third-order valence-electron chi connectivity index (χ3n) is 15.1. The minimum absolute atomic E-state index is 0.0270. The van der Waals surface area contributed by atoms with Gasteiger partial charge in [0, 0.05) is 25.7 Å². The predicted octanol–water partition coefficient (Wildman–Crippen LogP) is 21.3. The van der Waals surface area contributed by atoms with Crippen LogP contribution in [0.1, 0.15) is 285 Å². The smallest absolute Gasteiger partial charge is 0.462 e. The summed E-state index contributed by atoms with van der Waals surface area (Å²) in [5.41, 5.74) is 0. The summed E-state index contributed by atoms with van der Waals surface area (Å²) in [7, 11) is -9.98. The molecule has 0 radical (unpaired) electrons. The van der Waals surface area contributed by atoms with Gasteiger partial charge in [0.25, 0.3) is 0 Å². The average molecular weight is 1420 g/mol. The van der Waals surface area contributed by atoms with E-state index in [1.165, 1.54) is 51.4 Å². The van der Waals surface area contributed by atoms with Crippen LogP contribution in [0.2, 0.25) is 0 Å². The highest BCUT2D eigenvalue weighted by molar-refractivity contribution is 7.47. The van der Waals surface area contributed by atoms with Gasteiger partial charge in [-0.25, -0.2) is 9.13 Å². The van der Waals surface area contributed by atoms with Crippen LogP contribution in [0, 0.1) is 0 Å². The molecule has 19 heteroatoms. The quantitative estimate of drug-likeness (QED) is 0.0169. The summed E-state index contributed by atoms with van der Waals surface area (Å²) in [6.07, 6.45) is 77.6. The lowest BCUT2D eigenvalue weighted by Gasteiger charge is -2.21. The summed E-state index contributed by atoms with van der Waals surface area (Å²) < 4.78 is 68.2. The normalized spacial score (nSPS) is 14.7. The molecule has 0 aliphatic heterocycles. The number of aliphatic hydroxyl groups is 1. The molecule has 0 aromatic carbocycles. The lowest BCUT2D eigenvalue weighted by molar-refractivity contribution is -0.161. The molecule has 0 aliphatic rings. The molecule has 0 saturated carbocycles. The van der Waals surface area contributed by atoms with Crippen LogP contribution in [-0.4, -0.2) is 96.7 Å². The van der Waals surface area contributed by atoms with Crippen LogP contribution in [0.5, 0.6) is 0 Å². The van der Waals surface area contributed by atoms with Gasteiger partial charge in [0.1, 0.15) is 19.3 Å². The van der Waals surface area contributed by atoms with E-state index in [4.69, 9.17) is 37.0 Å². The van der Waals surface area contributed by atoms with E-state index in [9.17, 15) is 43.2 Å². The van der Waals surface area contributed by atoms with Crippen LogP contribution in [0.25, 0.3) is 0 Å². The minimum atomic E-state index is -5.00. The fraction of sp³-hybridized carbons (Fsp3) is 0.671. The van der Waals surface area contributed by atoms with Crippen molar-refractivity contribution < 1.29 is 80.2 Å². The van der Waals surface area contributed by atoms with Crippen molar-refractivity contribution in [2.45, 2.75) is 303 Å². The number of phosphoric ester groups is 2. The van der Waals surface area contributed by atoms with Crippen LogP contribution in [0.15, 0.2) is 134 Å². The van der Waals surface area contributed by atoms with Gasteiger partial charge in [-0.05, 0) is 122 Å². The Morgan fingerprint density at radius 1 is 0.296 bits per heavy atom. The first-order valence-corrected chi connectivity index (χ1v) is 40.4. The molecule has 0 saturated heterocycles. The minimum Gasteiger partial charge on any atom is -0.462 e. The number of unbranched alkanes of at least 4 members (excludes halogenated alkanes) is 21. The van der Waals surface area contributed by atoms with Gasteiger partial charge < -0.3 is 33.8 Å². The molecule has 0 fully saturated rings. The highest BCUT2D eigenvalue weighted by atomic mass is 31.2. The second kappa shape index (κ2) is 70.6. The van der Waals surface area contributed by atoms with Crippen molar-refractivity contribution in [2.24, 2.45) is 0 Å². The van der Waals surface area contributed by atoms with Gasteiger partial charge in [-0.3, -0.25) is 37.3 Å². The number of carbonyl (C=O) groups is 4. The molecular weight excluding hydrogens is 1280 g/mol. The van der Waals surface area contributed by atoms with Crippen molar-refractivity contribution >= 4 is 39.5 Å². The van der Waals surface area contributed by atoms with Crippen molar-refractivity contribution in [2.75, 3.05) is 39.6 Å². The molecule has 0 amide bonds. The summed E-state index contributed by atoms with van der Waals surface area (Å²) in [6, 6.07) is 0. The number of phosphoric acid groups is 2. The first kappa shape index (κ1) is 93.2. The Balaban J connectivity index is 5.43. The number of aliphatic hydroxyl groups excluding tert-OH is 1. The molecule has 0 rings (SSSR count). The third kappa shape index (κ3) is 69.7. The summed E-state index contributed by atoms with van der Waals surface area (Å²) in [4.78, 5) is 72.7. The maximum Gasteiger partial charge on any atom is 0.472 e. The fourth-order valence-corrected chi connectivity index (χ4v) is 11.0. The van der Waals surface area contributed by atoms with Crippen molar-refractivity contribution in [1.29, 1.82) is 0 Å². The number of carbonyl (C=O) groups excluding carboxylic acids is 4. The van der Waals surface area contributed by atoms with Crippen molar-refractivity contribution in [1.82, 2.24) is 0 Å². The average Bonchev–Trinajstić information content (AvgIpc) is 0.979. The van der Waals surface area contributed by atoms with Gasteiger partial charge in [0.05, 0.1) is 26.4 Å². The van der Waals surface area contributed by atoms with E-state index >= 15 is 0 Å². The zero-order valence-corrected chi connectivity index (χ0v) is 62.7. The van der Waals surface area contributed by atoms with E-state index in [0.29, 0.717) is 32.1 Å². The van der Waals surface area contributed by atoms with Crippen LogP contribution in [-0.2, 0) is 65.4 Å². The van der Waals surface area contributed by atoms with E-state index < -0.39 is 97.5 Å². The Kier molecular flexibility index (Phi) is 67.2. The maximum atomic E-state index is 13.1. The Bertz CT molecular complexity index is 2380. The molecule has 0 spiro atoms. The standard InChI is InChI=1S/C79H132O17P2/c1-5-9-13-17-21-25-29-31-33-35-36-38-39-41-45-48-52-56-60-64-77(82)90-70-75(96-79(84)66-62-58-54-50-46-42-40-37-34-32-30-26-22-18-14-10-6-2)72-94-98(87,88)92-68-73(80)67-91-97(85,86)93-71-74(95-78(83)65-61-57-53-49-44-28-24-20-16-12-8-4)69-89-76(81)63-59-55-51-47-43-27-23-19-15-11-7-3/h9-10,13-14,19,21-23,25-26,31-34,36,38,40-42,45,52,56,73-75,80H,5-8,11-12,15-18,20,24,27-30,35,37,39,43-44,46-51,53-55,57-72H2,1-4H3,(H,85,86)(H,87,88)/b13-9-,14-10-,23-19-,25-21-,26-22-,33-31-,34-32-,38-36-,42-40-,45-41-,56-52-. The van der Waals surface area contributed by atoms with Crippen molar-refractivity contribution in [3.63, 3.8) is 0 Å². The maximum absolute atomic E-state index is 13.1. The Morgan fingerprint density at radius 2 is 0.561 bits per heavy atom. The van der Waals surface area contributed by atoms with Crippen LogP contribution in [0.3, 0.4) is 0 Å². The van der Waals surface area contributed by atoms with Crippen molar-refractivity contribution in [3.05, 3.63) is 134 Å². The molecular formula is C79H132O17P2. The summed E-state index contributed by atoms with van der Waals surface area (Å²) in [5.74, 6) is -2.31. The van der Waals surface area contributed by atoms with E-state index in [2.05, 4.69) is 143 Å². The molecule has 5 unspecified atom stereocenters. The molecule has 0 aromatic heterocycles. The SMILES string of the molecule is CC/C=C\C/C=C\C/C=C\C/C=C\C/C=C\C/C=C\CCC(=O)OCC(COP(=O)(O)OCC(O)COP(=O)(O)OCC(COC(=O)CCCCCCC/C=C\CCCC)OC(=O)CCCCCCCCCCCCC)OC(=O)CCCCCC/C=C\C/C=C\C/C=C\C/C=C\CC. The summed E-state index contributed by atoms with van der Waals surface area (Å²) in [6.45, 7) is 4.46. The molecule has 0 heterocycles. The van der Waals surface area contributed by atoms with E-state index in [1.807, 2.05) is 18.2 Å². The Morgan fingerprint density at radius 3 is 0.918 bits per heavy atom. The molecule has 17 nitrogen and oxygen atoms in total. The van der Waals surface area contributed by atoms with E-state index in [0.717, 1.165) is 148 Å². The molecule has 0 bridgehead atoms. The first-order valence-electron chi connectivity index (χ1n) is 37.4. The van der Waals surface area contributed by atoms with E-state index in [-0.39, 0.29) is 25.7 Å². The first-order chi connectivity index (χ1) is 47.7. The van der Waals surface area contributed by atoms with Gasteiger partial charge in [-0.1, -0.05) is 271 Å². The molecule has 98 heavy (non-hydrogen) atoms. The van der Waals surface area contributed by atoms with Gasteiger partial charge >= 0.3 is 39.5 Å². The summed E-state index contributed by atoms with van der Waals surface area (Å²) >= 11 is 0. The zero-order chi connectivity index (χ0) is 71.8. The predicted molar refractivity (Wildman–Crippen MR) is 399 cm³/mol. The molecule has 3 N–H and O–H groups in total. The number of rotatable bonds is 69. The number of ether oxygens (including phenoxy) is 4. The zero-order valence-electron chi connectivity index (χ0n) is 60.9. The highest BCUT2D eigenvalue weighted by Crippen LogP contribution is 2.45. The Labute approximate surface area is 593 Å². The topological polar surface area (TPSA) is 237 Å². The van der Waals surface area contributed by atoms with Gasteiger partial charge in [-0.15, -0.1) is 0 Å². The van der Waals surface area contributed by atoms with Crippen LogP contribution < -0.4 is 0 Å². The molecule has 0 aliphatic carbocycles. The lowest BCUT2D eigenvalue weighted by atomic mass is 10.1. The molecule has 0 aromatic rings. The second-order valence-corrected chi connectivity index (χ2v) is 27.4. The van der Waals surface area contributed by atoms with Gasteiger partial charge in [0.2, 0.25) is 0 Å². The van der Waals surface area contributed by atoms with Gasteiger partial charge in [0.15, 0.2) is 12.2 Å². The van der Waals surface area contributed by atoms with E-state index in [1.54, 1.807) is 0 Å². The number of esters is 4. The third-order valence-corrected chi connectivity index (χ3v) is 17.0. The van der Waals surface area contributed by atoms with Gasteiger partial charge in [-0.2, -0.15) is 0 Å². The molecule has 5 atom stereocenters. The Hall–Kier alpha value is -4.80. The number of allylic oxidation sites excluding steroid dienone is 22. The second-order valence-electron chi connectivity index (χ2n) is 24.5. The van der Waals surface area contributed by atoms with Crippen molar-refractivity contribution in [3.8, 4) is 0 Å². The lowest BCUT2D eigenvalue weighted by Crippen LogP contribution is -2.30. The largest absolute Gasteiger partial charge is 0.472 e. The number of hydrogen-bond acceptors (Lipinski definition) is 15. The van der Waals surface area contributed by atoms with Crippen LogP contribution in [0.4, 0.5) is 0 Å². The summed E-state index contributed by atoms with van der Waals surface area (Å²) in [5, 5.41) is 10.6.